The summed E-state index contributed by atoms with van der Waals surface area (Å²) in [4.78, 5) is 17.5. The molecule has 0 spiro atoms. The van der Waals surface area contributed by atoms with E-state index in [0.29, 0.717) is 22.9 Å². The summed E-state index contributed by atoms with van der Waals surface area (Å²) >= 11 is 12.4. The maximum atomic E-state index is 14.0. The number of nitrogens with zero attached hydrogens (tertiary/aromatic N) is 4. The Kier molecular flexibility index (Phi) is 8.52. The van der Waals surface area contributed by atoms with E-state index in [-0.39, 0.29) is 27.5 Å². The number of anilines is 1. The molecule has 0 saturated carbocycles. The predicted octanol–water partition coefficient (Wildman–Crippen LogP) is 5.25. The standard InChI is InChI=1S/C28H30Cl2FN5O3/c1-17(25-21(29)6-7-22(31)26(25)30)39-24-16-23(33-34-27(24)32)18-2-4-19(5-3-18)28(37)36-10-8-20(9-11-36)35-12-14-38-15-13-35/h2-7,16-17,20H,8-15H2,1H3,(H2,32,34). The minimum atomic E-state index is -0.701. The zero-order valence-corrected chi connectivity index (χ0v) is 23.1. The number of hydrogen-bond donors (Lipinski definition) is 1. The smallest absolute Gasteiger partial charge is 0.253 e. The molecule has 2 saturated heterocycles. The highest BCUT2D eigenvalue weighted by atomic mass is 35.5. The molecule has 2 N–H and O–H groups in total. The van der Waals surface area contributed by atoms with Crippen LogP contribution in [0.5, 0.6) is 5.75 Å². The van der Waals surface area contributed by atoms with Gasteiger partial charge in [-0.15, -0.1) is 10.2 Å². The number of rotatable bonds is 6. The number of nitrogens with two attached hydrogens (primary N) is 1. The molecule has 2 aliphatic rings. The Labute approximate surface area is 236 Å². The number of halogens is 3. The van der Waals surface area contributed by atoms with Crippen LogP contribution < -0.4 is 10.5 Å². The summed E-state index contributed by atoms with van der Waals surface area (Å²) in [5, 5.41) is 8.36. The normalized spacial score (nSPS) is 17.7. The Bertz CT molecular complexity index is 1330. The first-order valence-corrected chi connectivity index (χ1v) is 13.7. The number of nitrogen functional groups attached to an aromatic ring is 1. The van der Waals surface area contributed by atoms with Gasteiger partial charge in [0.1, 0.15) is 11.9 Å². The van der Waals surface area contributed by atoms with Crippen LogP contribution in [-0.2, 0) is 4.74 Å². The Morgan fingerprint density at radius 1 is 1.08 bits per heavy atom. The molecule has 2 fully saturated rings. The second kappa shape index (κ2) is 12.0. The highest BCUT2D eigenvalue weighted by molar-refractivity contribution is 6.36. The predicted molar refractivity (Wildman–Crippen MR) is 149 cm³/mol. The van der Waals surface area contributed by atoms with Gasteiger partial charge in [0.25, 0.3) is 5.91 Å². The molecule has 1 unspecified atom stereocenters. The van der Waals surface area contributed by atoms with Gasteiger partial charge in [-0.25, -0.2) is 4.39 Å². The lowest BCUT2D eigenvalue weighted by molar-refractivity contribution is 0.00159. The molecule has 1 atom stereocenters. The van der Waals surface area contributed by atoms with Crippen molar-refractivity contribution >= 4 is 34.9 Å². The molecule has 1 aromatic heterocycles. The fourth-order valence-corrected chi connectivity index (χ4v) is 5.81. The minimum absolute atomic E-state index is 0.0204. The highest BCUT2D eigenvalue weighted by Gasteiger charge is 2.28. The molecule has 11 heteroatoms. The number of carbonyl (C=O) groups is 1. The first-order chi connectivity index (χ1) is 18.8. The van der Waals surface area contributed by atoms with Gasteiger partial charge < -0.3 is 20.1 Å². The van der Waals surface area contributed by atoms with Crippen LogP contribution in [-0.4, -0.2) is 71.3 Å². The fraction of sp³-hybridized carbons (Fsp3) is 0.393. The van der Waals surface area contributed by atoms with E-state index >= 15 is 0 Å². The number of benzene rings is 2. The van der Waals surface area contributed by atoms with E-state index in [4.69, 9.17) is 38.4 Å². The molecule has 1 amide bonds. The molecule has 2 aromatic carbocycles. The van der Waals surface area contributed by atoms with Gasteiger partial charge in [-0.2, -0.15) is 0 Å². The summed E-state index contributed by atoms with van der Waals surface area (Å²) in [7, 11) is 0. The van der Waals surface area contributed by atoms with Crippen molar-refractivity contribution in [2.75, 3.05) is 45.1 Å². The molecule has 3 aromatic rings. The number of aromatic nitrogens is 2. The Morgan fingerprint density at radius 3 is 2.46 bits per heavy atom. The van der Waals surface area contributed by atoms with Crippen molar-refractivity contribution in [3.8, 4) is 17.0 Å². The van der Waals surface area contributed by atoms with Gasteiger partial charge in [0, 0.05) is 60.0 Å². The molecular formula is C28H30Cl2FN5O3. The van der Waals surface area contributed by atoms with Gasteiger partial charge in [-0.1, -0.05) is 35.3 Å². The van der Waals surface area contributed by atoms with E-state index < -0.39 is 11.9 Å². The van der Waals surface area contributed by atoms with E-state index in [1.807, 2.05) is 17.0 Å². The lowest BCUT2D eigenvalue weighted by Gasteiger charge is -2.40. The van der Waals surface area contributed by atoms with Crippen LogP contribution in [0.4, 0.5) is 10.2 Å². The fourth-order valence-electron chi connectivity index (χ4n) is 5.13. The summed E-state index contributed by atoms with van der Waals surface area (Å²) in [6.45, 7) is 6.67. The number of ether oxygens (including phenoxy) is 2. The summed E-state index contributed by atoms with van der Waals surface area (Å²) in [5.74, 6) is -0.245. The quantitative estimate of drug-likeness (QED) is 0.402. The molecule has 206 valence electrons. The average Bonchev–Trinajstić information content (AvgIpc) is 2.97. The van der Waals surface area contributed by atoms with Crippen LogP contribution in [0.15, 0.2) is 42.5 Å². The zero-order chi connectivity index (χ0) is 27.5. The third-order valence-corrected chi connectivity index (χ3v) is 8.03. The van der Waals surface area contributed by atoms with Gasteiger partial charge in [0.15, 0.2) is 11.6 Å². The van der Waals surface area contributed by atoms with Crippen molar-refractivity contribution in [1.29, 1.82) is 0 Å². The number of piperidine rings is 1. The van der Waals surface area contributed by atoms with Crippen LogP contribution in [0.25, 0.3) is 11.3 Å². The number of amides is 1. The monoisotopic (exact) mass is 573 g/mol. The van der Waals surface area contributed by atoms with E-state index in [1.165, 1.54) is 12.1 Å². The summed E-state index contributed by atoms with van der Waals surface area (Å²) in [6.07, 6.45) is 1.24. The van der Waals surface area contributed by atoms with Crippen molar-refractivity contribution in [2.45, 2.75) is 31.9 Å². The molecule has 2 aliphatic heterocycles. The number of hydrogen-bond acceptors (Lipinski definition) is 7. The van der Waals surface area contributed by atoms with Gasteiger partial charge in [-0.05, 0) is 44.0 Å². The van der Waals surface area contributed by atoms with Crippen molar-refractivity contribution in [3.05, 3.63) is 69.5 Å². The van der Waals surface area contributed by atoms with Crippen LogP contribution in [0, 0.1) is 5.82 Å². The molecule has 0 bridgehead atoms. The third kappa shape index (κ3) is 6.11. The molecule has 39 heavy (non-hydrogen) atoms. The van der Waals surface area contributed by atoms with Crippen molar-refractivity contribution in [3.63, 3.8) is 0 Å². The van der Waals surface area contributed by atoms with E-state index in [2.05, 4.69) is 15.1 Å². The molecule has 8 nitrogen and oxygen atoms in total. The highest BCUT2D eigenvalue weighted by Crippen LogP contribution is 2.36. The maximum Gasteiger partial charge on any atom is 0.253 e. The van der Waals surface area contributed by atoms with E-state index in [9.17, 15) is 9.18 Å². The van der Waals surface area contributed by atoms with Crippen molar-refractivity contribution in [1.82, 2.24) is 20.0 Å². The summed E-state index contributed by atoms with van der Waals surface area (Å²) in [6, 6.07) is 12.0. The van der Waals surface area contributed by atoms with Gasteiger partial charge in [0.05, 0.1) is 23.9 Å². The van der Waals surface area contributed by atoms with Crippen LogP contribution >= 0.6 is 23.2 Å². The number of likely N-dealkylation sites (tertiary alicyclic amines) is 1. The SMILES string of the molecule is CC(Oc1cc(-c2ccc(C(=O)N3CCC(N4CCOCC4)CC3)cc2)nnc1N)c1c(Cl)ccc(F)c1Cl. The van der Waals surface area contributed by atoms with Crippen LogP contribution in [0.3, 0.4) is 0 Å². The van der Waals surface area contributed by atoms with Crippen LogP contribution in [0.2, 0.25) is 10.0 Å². The Morgan fingerprint density at radius 2 is 1.77 bits per heavy atom. The average molecular weight is 574 g/mol. The lowest BCUT2D eigenvalue weighted by atomic mass is 10.0. The first-order valence-electron chi connectivity index (χ1n) is 13.0. The van der Waals surface area contributed by atoms with Gasteiger partial charge >= 0.3 is 0 Å². The molecule has 0 aliphatic carbocycles. The Balaban J connectivity index is 1.25. The van der Waals surface area contributed by atoms with E-state index in [0.717, 1.165) is 57.8 Å². The largest absolute Gasteiger partial charge is 0.482 e. The molecular weight excluding hydrogens is 544 g/mol. The van der Waals surface area contributed by atoms with E-state index in [1.54, 1.807) is 25.1 Å². The second-order valence-electron chi connectivity index (χ2n) is 9.75. The lowest BCUT2D eigenvalue weighted by Crippen LogP contribution is -2.50. The molecule has 0 radical (unpaired) electrons. The second-order valence-corrected chi connectivity index (χ2v) is 10.5. The topological polar surface area (TPSA) is 93.8 Å². The van der Waals surface area contributed by atoms with Crippen molar-refractivity contribution < 1.29 is 18.7 Å². The zero-order valence-electron chi connectivity index (χ0n) is 21.6. The number of carbonyl (C=O) groups excluding carboxylic acids is 1. The molecule has 3 heterocycles. The molecule has 5 rings (SSSR count). The van der Waals surface area contributed by atoms with Crippen LogP contribution in [0.1, 0.15) is 41.8 Å². The summed E-state index contributed by atoms with van der Waals surface area (Å²) in [5.41, 5.74) is 8.18. The minimum Gasteiger partial charge on any atom is -0.482 e. The maximum absolute atomic E-state index is 14.0. The summed E-state index contributed by atoms with van der Waals surface area (Å²) < 4.78 is 25.4. The van der Waals surface area contributed by atoms with Crippen molar-refractivity contribution in [2.24, 2.45) is 0 Å². The third-order valence-electron chi connectivity index (χ3n) is 7.32. The Hall–Kier alpha value is -2.98. The van der Waals surface area contributed by atoms with Gasteiger partial charge in [0.2, 0.25) is 0 Å². The van der Waals surface area contributed by atoms with Gasteiger partial charge in [-0.3, -0.25) is 9.69 Å². The first kappa shape index (κ1) is 27.6. The number of morpholine rings is 1.